The number of hydrogen-bond acceptors (Lipinski definition) is 7. The highest BCUT2D eigenvalue weighted by atomic mass is 79.9. The van der Waals surface area contributed by atoms with Crippen LogP contribution in [-0.2, 0) is 10.0 Å². The average Bonchev–Trinajstić information content (AvgIpc) is 2.75. The maximum absolute atomic E-state index is 12.7. The largest absolute Gasteiger partial charge is 0.495 e. The lowest BCUT2D eigenvalue weighted by atomic mass is 10.2. The SMILES string of the molecule is COc1ccccc1NS(=O)(=O)c1ccc(NN=Cc2ccc(Br)cc2)c([N+](=O)[O-])c1. The van der Waals surface area contributed by atoms with Crippen LogP contribution in [0.4, 0.5) is 17.1 Å². The van der Waals surface area contributed by atoms with Crippen LogP contribution in [0.15, 0.2) is 81.2 Å². The molecule has 11 heteroatoms. The first-order chi connectivity index (χ1) is 14.8. The quantitative estimate of drug-likeness (QED) is 0.262. The van der Waals surface area contributed by atoms with Crippen LogP contribution in [0.5, 0.6) is 5.75 Å². The van der Waals surface area contributed by atoms with Crippen molar-refractivity contribution in [2.75, 3.05) is 17.3 Å². The fourth-order valence-corrected chi connectivity index (χ4v) is 3.94. The zero-order valence-electron chi connectivity index (χ0n) is 16.2. The maximum Gasteiger partial charge on any atom is 0.295 e. The summed E-state index contributed by atoms with van der Waals surface area (Å²) in [5.74, 6) is 0.321. The molecule has 0 heterocycles. The number of hydrogen-bond donors (Lipinski definition) is 2. The maximum atomic E-state index is 12.7. The molecule has 0 aliphatic carbocycles. The third kappa shape index (κ3) is 5.58. The van der Waals surface area contributed by atoms with Gasteiger partial charge in [0, 0.05) is 10.5 Å². The van der Waals surface area contributed by atoms with Crippen molar-refractivity contribution in [3.63, 3.8) is 0 Å². The number of nitro benzene ring substituents is 1. The van der Waals surface area contributed by atoms with Crippen LogP contribution < -0.4 is 14.9 Å². The van der Waals surface area contributed by atoms with Gasteiger partial charge in [0.2, 0.25) is 0 Å². The second-order valence-corrected chi connectivity index (χ2v) is 8.76. The summed E-state index contributed by atoms with van der Waals surface area (Å²) in [6, 6.07) is 17.2. The number of ether oxygens (including phenoxy) is 1. The summed E-state index contributed by atoms with van der Waals surface area (Å²) < 4.78 is 33.9. The molecule has 0 aliphatic rings. The highest BCUT2D eigenvalue weighted by Crippen LogP contribution is 2.30. The number of methoxy groups -OCH3 is 1. The first-order valence-corrected chi connectivity index (χ1v) is 11.1. The Hall–Kier alpha value is -3.44. The van der Waals surface area contributed by atoms with E-state index in [0.29, 0.717) is 5.75 Å². The van der Waals surface area contributed by atoms with Crippen LogP contribution in [-0.4, -0.2) is 26.7 Å². The van der Waals surface area contributed by atoms with Gasteiger partial charge in [0.1, 0.15) is 11.4 Å². The first kappa shape index (κ1) is 22.2. The molecule has 0 unspecified atom stereocenters. The van der Waals surface area contributed by atoms with E-state index in [1.54, 1.807) is 18.2 Å². The molecule has 0 aliphatic heterocycles. The third-order valence-electron chi connectivity index (χ3n) is 4.10. The Morgan fingerprint density at radius 1 is 1.06 bits per heavy atom. The van der Waals surface area contributed by atoms with Crippen molar-refractivity contribution in [3.8, 4) is 5.75 Å². The summed E-state index contributed by atoms with van der Waals surface area (Å²) in [4.78, 5) is 10.6. The fraction of sp³-hybridized carbons (Fsp3) is 0.0500. The Morgan fingerprint density at radius 2 is 1.77 bits per heavy atom. The predicted octanol–water partition coefficient (Wildman–Crippen LogP) is 4.61. The molecule has 3 rings (SSSR count). The van der Waals surface area contributed by atoms with Gasteiger partial charge in [0.25, 0.3) is 15.7 Å². The Bertz CT molecular complexity index is 1230. The van der Waals surface area contributed by atoms with Crippen molar-refractivity contribution < 1.29 is 18.1 Å². The number of hydrazone groups is 1. The van der Waals surface area contributed by atoms with E-state index in [1.165, 1.54) is 31.5 Å². The standard InChI is InChI=1S/C20H17BrN4O5S/c1-30-20-5-3-2-4-18(20)24-31(28,29)16-10-11-17(19(12-16)25(26)27)23-22-13-14-6-8-15(21)9-7-14/h2-13,23-24H,1H3. The summed E-state index contributed by atoms with van der Waals surface area (Å²) in [5.41, 5.74) is 3.19. The molecule has 0 saturated carbocycles. The predicted molar refractivity (Wildman–Crippen MR) is 122 cm³/mol. The summed E-state index contributed by atoms with van der Waals surface area (Å²) in [6.45, 7) is 0. The molecular formula is C20H17BrN4O5S. The van der Waals surface area contributed by atoms with E-state index in [2.05, 4.69) is 31.2 Å². The monoisotopic (exact) mass is 504 g/mol. The molecule has 160 valence electrons. The van der Waals surface area contributed by atoms with E-state index in [-0.39, 0.29) is 16.3 Å². The smallest absolute Gasteiger partial charge is 0.295 e. The van der Waals surface area contributed by atoms with Gasteiger partial charge in [0.05, 0.1) is 28.8 Å². The first-order valence-electron chi connectivity index (χ1n) is 8.79. The number of sulfonamides is 1. The van der Waals surface area contributed by atoms with Gasteiger partial charge in [-0.05, 0) is 42.0 Å². The van der Waals surface area contributed by atoms with Crippen molar-refractivity contribution in [1.29, 1.82) is 0 Å². The van der Waals surface area contributed by atoms with Crippen LogP contribution in [0, 0.1) is 10.1 Å². The number of nitro groups is 1. The van der Waals surface area contributed by atoms with Gasteiger partial charge in [-0.25, -0.2) is 8.42 Å². The number of nitrogens with zero attached hydrogens (tertiary/aromatic N) is 2. The molecule has 0 aromatic heterocycles. The highest BCUT2D eigenvalue weighted by Gasteiger charge is 2.22. The van der Waals surface area contributed by atoms with Crippen molar-refractivity contribution in [3.05, 3.63) is 86.9 Å². The van der Waals surface area contributed by atoms with Crippen molar-refractivity contribution in [2.24, 2.45) is 5.10 Å². The average molecular weight is 505 g/mol. The van der Waals surface area contributed by atoms with Gasteiger partial charge >= 0.3 is 0 Å². The molecular weight excluding hydrogens is 488 g/mol. The van der Waals surface area contributed by atoms with E-state index in [9.17, 15) is 18.5 Å². The third-order valence-corrected chi connectivity index (χ3v) is 5.99. The van der Waals surface area contributed by atoms with Crippen LogP contribution in [0.1, 0.15) is 5.56 Å². The highest BCUT2D eigenvalue weighted by molar-refractivity contribution is 9.10. The molecule has 3 aromatic rings. The number of rotatable bonds is 8. The minimum Gasteiger partial charge on any atom is -0.495 e. The van der Waals surface area contributed by atoms with E-state index < -0.39 is 20.6 Å². The second kappa shape index (κ2) is 9.58. The van der Waals surface area contributed by atoms with Crippen molar-refractivity contribution in [2.45, 2.75) is 4.90 Å². The molecule has 31 heavy (non-hydrogen) atoms. The molecule has 0 radical (unpaired) electrons. The molecule has 0 spiro atoms. The zero-order chi connectivity index (χ0) is 22.4. The number of benzene rings is 3. The molecule has 9 nitrogen and oxygen atoms in total. The lowest BCUT2D eigenvalue weighted by molar-refractivity contribution is -0.384. The normalized spacial score (nSPS) is 11.3. The Kier molecular flexibility index (Phi) is 6.88. The van der Waals surface area contributed by atoms with E-state index in [4.69, 9.17) is 4.74 Å². The lowest BCUT2D eigenvalue weighted by Crippen LogP contribution is -2.14. The lowest BCUT2D eigenvalue weighted by Gasteiger charge is -2.12. The molecule has 2 N–H and O–H groups in total. The minimum atomic E-state index is -4.09. The van der Waals surface area contributed by atoms with Crippen LogP contribution in [0.2, 0.25) is 0 Å². The Balaban J connectivity index is 1.85. The summed E-state index contributed by atoms with van der Waals surface area (Å²) >= 11 is 3.33. The van der Waals surface area contributed by atoms with Crippen molar-refractivity contribution >= 4 is 49.2 Å². The van der Waals surface area contributed by atoms with E-state index >= 15 is 0 Å². The van der Waals surface area contributed by atoms with Crippen LogP contribution in [0.3, 0.4) is 0 Å². The van der Waals surface area contributed by atoms with E-state index in [0.717, 1.165) is 16.1 Å². The van der Waals surface area contributed by atoms with Gasteiger partial charge in [-0.1, -0.05) is 40.2 Å². The molecule has 0 amide bonds. The number of nitrogens with one attached hydrogen (secondary N) is 2. The van der Waals surface area contributed by atoms with Gasteiger partial charge in [-0.3, -0.25) is 20.3 Å². The minimum absolute atomic E-state index is 0.0506. The Labute approximate surface area is 187 Å². The molecule has 3 aromatic carbocycles. The van der Waals surface area contributed by atoms with Crippen LogP contribution >= 0.6 is 15.9 Å². The number of para-hydroxylation sites is 2. The molecule has 0 fully saturated rings. The Morgan fingerprint density at radius 3 is 2.45 bits per heavy atom. The summed E-state index contributed by atoms with van der Waals surface area (Å²) in [7, 11) is -2.68. The fourth-order valence-electron chi connectivity index (χ4n) is 2.58. The number of halogens is 1. The van der Waals surface area contributed by atoms with Crippen molar-refractivity contribution in [1.82, 2.24) is 0 Å². The molecule has 0 atom stereocenters. The second-order valence-electron chi connectivity index (χ2n) is 6.16. The molecule has 0 bridgehead atoms. The zero-order valence-corrected chi connectivity index (χ0v) is 18.6. The molecule has 0 saturated heterocycles. The van der Waals surface area contributed by atoms with Crippen LogP contribution in [0.25, 0.3) is 0 Å². The topological polar surface area (TPSA) is 123 Å². The summed E-state index contributed by atoms with van der Waals surface area (Å²) in [6.07, 6.45) is 1.49. The number of anilines is 2. The van der Waals surface area contributed by atoms with Gasteiger partial charge in [-0.2, -0.15) is 5.10 Å². The van der Waals surface area contributed by atoms with Gasteiger partial charge in [-0.15, -0.1) is 0 Å². The van der Waals surface area contributed by atoms with Gasteiger partial charge in [0.15, 0.2) is 0 Å². The summed E-state index contributed by atoms with van der Waals surface area (Å²) in [5, 5.41) is 15.5. The van der Waals surface area contributed by atoms with E-state index in [1.807, 2.05) is 24.3 Å². The van der Waals surface area contributed by atoms with Gasteiger partial charge < -0.3 is 4.74 Å².